The van der Waals surface area contributed by atoms with Gasteiger partial charge < -0.3 is 4.48 Å². The van der Waals surface area contributed by atoms with Gasteiger partial charge in [-0.05, 0) is 55.3 Å². The van der Waals surface area contributed by atoms with Crippen LogP contribution in [-0.2, 0) is 0 Å². The highest BCUT2D eigenvalue weighted by Gasteiger charge is 2.23. The van der Waals surface area contributed by atoms with Crippen LogP contribution in [0, 0.1) is 0 Å². The fraction of sp³-hybridized carbons (Fsp3) is 1.00. The van der Waals surface area contributed by atoms with Crippen molar-refractivity contribution in [2.75, 3.05) is 39.2 Å². The Bertz CT molecular complexity index is 191. The standard InChI is InChI=1S/C11H25Cl2N2S/c1-11(2,14(12)13)7-10-16-9-6-8-15(3,4)5/h6-10H2,1-5H3/q+1. The smallest absolute Gasteiger partial charge is 0.0788 e. The van der Waals surface area contributed by atoms with E-state index in [1.807, 2.05) is 11.8 Å². The molecule has 0 aliphatic rings. The lowest BCUT2D eigenvalue weighted by molar-refractivity contribution is -0.870. The van der Waals surface area contributed by atoms with Crippen LogP contribution in [0.1, 0.15) is 26.7 Å². The molecule has 0 saturated carbocycles. The molecule has 0 amide bonds. The highest BCUT2D eigenvalue weighted by Crippen LogP contribution is 2.25. The number of thioether (sulfide) groups is 1. The topological polar surface area (TPSA) is 3.24 Å². The van der Waals surface area contributed by atoms with Gasteiger partial charge in [-0.1, -0.05) is 0 Å². The second kappa shape index (κ2) is 7.32. The van der Waals surface area contributed by atoms with E-state index in [-0.39, 0.29) is 5.54 Å². The van der Waals surface area contributed by atoms with E-state index in [2.05, 4.69) is 35.0 Å². The first-order valence-electron chi connectivity index (χ1n) is 5.65. The predicted octanol–water partition coefficient (Wildman–Crippen LogP) is 3.59. The Morgan fingerprint density at radius 2 is 1.69 bits per heavy atom. The zero-order valence-corrected chi connectivity index (χ0v) is 13.4. The monoisotopic (exact) mass is 287 g/mol. The van der Waals surface area contributed by atoms with Crippen LogP contribution in [0.4, 0.5) is 0 Å². The molecule has 2 nitrogen and oxygen atoms in total. The Labute approximate surface area is 115 Å². The number of nitrogens with zero attached hydrogens (tertiary/aromatic N) is 2. The molecule has 0 aromatic heterocycles. The summed E-state index contributed by atoms with van der Waals surface area (Å²) in [4.78, 5) is 0. The third-order valence-corrected chi connectivity index (χ3v) is 4.42. The third kappa shape index (κ3) is 8.94. The van der Waals surface area contributed by atoms with E-state index >= 15 is 0 Å². The van der Waals surface area contributed by atoms with Crippen LogP contribution >= 0.6 is 35.3 Å². The molecule has 5 heteroatoms. The van der Waals surface area contributed by atoms with E-state index in [0.717, 1.165) is 16.7 Å². The molecular formula is C11H25Cl2N2S+. The van der Waals surface area contributed by atoms with Crippen LogP contribution in [-0.4, -0.2) is 53.2 Å². The van der Waals surface area contributed by atoms with E-state index in [1.54, 1.807) is 0 Å². The summed E-state index contributed by atoms with van der Waals surface area (Å²) in [5, 5.41) is 0. The van der Waals surface area contributed by atoms with Gasteiger partial charge in [-0.2, -0.15) is 11.8 Å². The number of hydrogen-bond acceptors (Lipinski definition) is 2. The van der Waals surface area contributed by atoms with E-state index in [4.69, 9.17) is 23.6 Å². The van der Waals surface area contributed by atoms with Crippen molar-refractivity contribution in [3.8, 4) is 0 Å². The van der Waals surface area contributed by atoms with Gasteiger partial charge in [-0.15, -0.1) is 3.94 Å². The van der Waals surface area contributed by atoms with Gasteiger partial charge in [-0.25, -0.2) is 0 Å². The fourth-order valence-electron chi connectivity index (χ4n) is 1.15. The summed E-state index contributed by atoms with van der Waals surface area (Å²) in [6, 6.07) is 0. The van der Waals surface area contributed by atoms with Crippen molar-refractivity contribution < 1.29 is 4.48 Å². The van der Waals surface area contributed by atoms with Crippen LogP contribution in [0.25, 0.3) is 0 Å². The predicted molar refractivity (Wildman–Crippen MR) is 77.1 cm³/mol. The Balaban J connectivity index is 3.48. The highest BCUT2D eigenvalue weighted by molar-refractivity contribution is 7.99. The minimum Gasteiger partial charge on any atom is -0.331 e. The molecule has 0 N–H and O–H groups in total. The summed E-state index contributed by atoms with van der Waals surface area (Å²) in [6.07, 6.45) is 2.27. The summed E-state index contributed by atoms with van der Waals surface area (Å²) >= 11 is 13.5. The van der Waals surface area contributed by atoms with Gasteiger partial charge >= 0.3 is 0 Å². The second-order valence-corrected chi connectivity index (χ2v) is 7.85. The molecule has 98 valence electrons. The molecule has 0 aromatic rings. The molecule has 0 saturated heterocycles. The SMILES string of the molecule is CC(C)(CCSCCC[N+](C)(C)C)N(Cl)Cl. The van der Waals surface area contributed by atoms with Gasteiger partial charge in [0.15, 0.2) is 0 Å². The van der Waals surface area contributed by atoms with Crippen LogP contribution in [0.2, 0.25) is 0 Å². The first kappa shape index (κ1) is 16.9. The zero-order valence-electron chi connectivity index (χ0n) is 11.1. The largest absolute Gasteiger partial charge is 0.331 e. The average Bonchev–Trinajstić information content (AvgIpc) is 2.09. The minimum atomic E-state index is -0.129. The lowest BCUT2D eigenvalue weighted by Crippen LogP contribution is -2.35. The van der Waals surface area contributed by atoms with Crippen molar-refractivity contribution in [3.63, 3.8) is 0 Å². The highest BCUT2D eigenvalue weighted by atomic mass is 35.5. The molecule has 0 rings (SSSR count). The van der Waals surface area contributed by atoms with Gasteiger partial charge in [0, 0.05) is 12.0 Å². The fourth-order valence-corrected chi connectivity index (χ4v) is 2.50. The molecule has 16 heavy (non-hydrogen) atoms. The number of rotatable bonds is 8. The van der Waals surface area contributed by atoms with Gasteiger partial charge in [-0.3, -0.25) is 0 Å². The van der Waals surface area contributed by atoms with Crippen molar-refractivity contribution in [2.45, 2.75) is 32.2 Å². The van der Waals surface area contributed by atoms with Gasteiger partial charge in [0.25, 0.3) is 0 Å². The Morgan fingerprint density at radius 1 is 1.12 bits per heavy atom. The maximum absolute atomic E-state index is 5.76. The average molecular weight is 288 g/mol. The van der Waals surface area contributed by atoms with Gasteiger partial charge in [0.1, 0.15) is 0 Å². The summed E-state index contributed by atoms with van der Waals surface area (Å²) < 4.78 is 2.31. The molecule has 0 radical (unpaired) electrons. The first-order chi connectivity index (χ1) is 7.15. The molecule has 0 atom stereocenters. The lowest BCUT2D eigenvalue weighted by Gasteiger charge is -2.27. The molecule has 0 aliphatic heterocycles. The molecule has 0 aromatic carbocycles. The summed E-state index contributed by atoms with van der Waals surface area (Å²) in [5.41, 5.74) is -0.129. The molecular weight excluding hydrogens is 263 g/mol. The van der Waals surface area contributed by atoms with Crippen LogP contribution in [0.15, 0.2) is 0 Å². The van der Waals surface area contributed by atoms with Crippen LogP contribution in [0.3, 0.4) is 0 Å². The normalized spacial score (nSPS) is 13.5. The molecule has 0 fully saturated rings. The summed E-state index contributed by atoms with van der Waals surface area (Å²) in [7, 11) is 6.69. The molecule has 0 bridgehead atoms. The van der Waals surface area contributed by atoms with Crippen molar-refractivity contribution in [2.24, 2.45) is 0 Å². The number of quaternary nitrogens is 1. The number of hydrogen-bond donors (Lipinski definition) is 0. The van der Waals surface area contributed by atoms with Gasteiger partial charge in [0.2, 0.25) is 0 Å². The first-order valence-corrected chi connectivity index (χ1v) is 7.48. The van der Waals surface area contributed by atoms with Crippen LogP contribution < -0.4 is 0 Å². The van der Waals surface area contributed by atoms with E-state index in [0.29, 0.717) is 0 Å². The van der Waals surface area contributed by atoms with Crippen LogP contribution in [0.5, 0.6) is 0 Å². The van der Waals surface area contributed by atoms with Gasteiger partial charge in [0.05, 0.1) is 27.7 Å². The van der Waals surface area contributed by atoms with Crippen molar-refractivity contribution in [1.82, 2.24) is 3.94 Å². The summed E-state index contributed by atoms with van der Waals surface area (Å²) in [6.45, 7) is 5.34. The number of halogens is 2. The summed E-state index contributed by atoms with van der Waals surface area (Å²) in [5.74, 6) is 2.33. The third-order valence-electron chi connectivity index (χ3n) is 2.43. The quantitative estimate of drug-likeness (QED) is 0.381. The second-order valence-electron chi connectivity index (χ2n) is 5.78. The maximum Gasteiger partial charge on any atom is 0.0788 e. The van der Waals surface area contributed by atoms with E-state index in [1.165, 1.54) is 22.7 Å². The lowest BCUT2D eigenvalue weighted by atomic mass is 10.0. The molecule has 0 spiro atoms. The Morgan fingerprint density at radius 3 is 2.12 bits per heavy atom. The Hall–Kier alpha value is 0.850. The minimum absolute atomic E-state index is 0.129. The molecule has 0 unspecified atom stereocenters. The van der Waals surface area contributed by atoms with Crippen molar-refractivity contribution in [1.29, 1.82) is 0 Å². The van der Waals surface area contributed by atoms with Crippen molar-refractivity contribution >= 4 is 35.3 Å². The maximum atomic E-state index is 5.76. The zero-order chi connectivity index (χ0) is 12.8. The molecule has 0 aliphatic carbocycles. The molecule has 0 heterocycles. The van der Waals surface area contributed by atoms with E-state index in [9.17, 15) is 0 Å². The van der Waals surface area contributed by atoms with Crippen molar-refractivity contribution in [3.05, 3.63) is 0 Å². The Kier molecular flexibility index (Phi) is 7.71. The van der Waals surface area contributed by atoms with E-state index < -0.39 is 0 Å².